The number of likely N-dealkylation sites (tertiary alicyclic amines) is 1. The molecule has 1 aromatic heterocycles. The maximum absolute atomic E-state index is 12.0. The molecule has 1 amide bonds. The van der Waals surface area contributed by atoms with Crippen LogP contribution in [0.25, 0.3) is 0 Å². The van der Waals surface area contributed by atoms with E-state index in [1.165, 1.54) is 11.1 Å². The highest BCUT2D eigenvalue weighted by Gasteiger charge is 2.43. The van der Waals surface area contributed by atoms with E-state index in [4.69, 9.17) is 0 Å². The number of amides is 1. The van der Waals surface area contributed by atoms with Crippen LogP contribution in [0.1, 0.15) is 23.7 Å². The number of nitrogens with one attached hydrogen (secondary N) is 1. The van der Waals surface area contributed by atoms with Crippen molar-refractivity contribution in [3.05, 3.63) is 28.2 Å². The molecule has 0 radical (unpaired) electrons. The van der Waals surface area contributed by atoms with Gasteiger partial charge in [-0.25, -0.2) is 0 Å². The third-order valence-electron chi connectivity index (χ3n) is 3.07. The molecule has 1 aliphatic rings. The Morgan fingerprint density at radius 3 is 3.00 bits per heavy atom. The summed E-state index contributed by atoms with van der Waals surface area (Å²) in [6, 6.07) is 0. The Hall–Kier alpha value is -1.69. The molecule has 2 heterocycles. The Bertz CT molecular complexity index is 466. The number of hydrogen-bond acceptors (Lipinski definition) is 4. The van der Waals surface area contributed by atoms with Gasteiger partial charge in [-0.1, -0.05) is 0 Å². The topological polar surface area (TPSA) is 86.3 Å². The summed E-state index contributed by atoms with van der Waals surface area (Å²) in [5.41, 5.74) is -0.877. The van der Waals surface area contributed by atoms with Crippen molar-refractivity contribution < 1.29 is 9.90 Å². The van der Waals surface area contributed by atoms with Gasteiger partial charge in [-0.2, -0.15) is 5.10 Å². The third kappa shape index (κ3) is 1.51. The summed E-state index contributed by atoms with van der Waals surface area (Å²) in [5, 5.41) is 15.2. The molecule has 1 aromatic rings. The van der Waals surface area contributed by atoms with E-state index in [0.717, 1.165) is 12.6 Å². The first-order valence-corrected chi connectivity index (χ1v) is 5.04. The molecule has 1 aliphatic heterocycles. The molecule has 0 aromatic carbocycles. The fourth-order valence-electron chi connectivity index (χ4n) is 1.77. The van der Waals surface area contributed by atoms with Crippen LogP contribution in [0, 0.1) is 0 Å². The molecule has 1 atom stereocenters. The highest BCUT2D eigenvalue weighted by Crippen LogP contribution is 2.30. The molecule has 2 N–H and O–H groups in total. The summed E-state index contributed by atoms with van der Waals surface area (Å²) in [4.78, 5) is 24.9. The van der Waals surface area contributed by atoms with E-state index in [2.05, 4.69) is 10.2 Å². The van der Waals surface area contributed by atoms with Crippen molar-refractivity contribution in [2.45, 2.75) is 18.9 Å². The van der Waals surface area contributed by atoms with Crippen molar-refractivity contribution in [3.63, 3.8) is 0 Å². The van der Waals surface area contributed by atoms with E-state index >= 15 is 0 Å². The molecule has 0 spiro atoms. The lowest BCUT2D eigenvalue weighted by molar-refractivity contribution is -0.0231. The van der Waals surface area contributed by atoms with Crippen LogP contribution in [0.3, 0.4) is 0 Å². The van der Waals surface area contributed by atoms with Gasteiger partial charge in [0.1, 0.15) is 5.56 Å². The first kappa shape index (κ1) is 10.8. The van der Waals surface area contributed by atoms with Gasteiger partial charge in [-0.05, 0) is 13.3 Å². The van der Waals surface area contributed by atoms with Crippen molar-refractivity contribution >= 4 is 5.91 Å². The normalized spacial score (nSPS) is 24.0. The van der Waals surface area contributed by atoms with Gasteiger partial charge in [0.25, 0.3) is 5.91 Å². The molecule has 16 heavy (non-hydrogen) atoms. The van der Waals surface area contributed by atoms with Gasteiger partial charge in [0, 0.05) is 12.7 Å². The summed E-state index contributed by atoms with van der Waals surface area (Å²) in [6.45, 7) is 2.27. The Balaban J connectivity index is 2.28. The minimum atomic E-state index is -0.535. The van der Waals surface area contributed by atoms with Gasteiger partial charge in [0.05, 0.1) is 18.3 Å². The molecule has 0 aliphatic carbocycles. The quantitative estimate of drug-likeness (QED) is 0.698. The van der Waals surface area contributed by atoms with E-state index in [0.29, 0.717) is 6.54 Å². The molecule has 0 bridgehead atoms. The number of aromatic amines is 1. The molecule has 2 rings (SSSR count). The maximum atomic E-state index is 12.0. The molecular weight excluding hydrogens is 210 g/mol. The van der Waals surface area contributed by atoms with Gasteiger partial charge in [-0.3, -0.25) is 14.7 Å². The molecule has 86 valence electrons. The maximum Gasteiger partial charge on any atom is 0.259 e. The van der Waals surface area contributed by atoms with Crippen LogP contribution in [0.2, 0.25) is 0 Å². The second kappa shape index (κ2) is 3.71. The molecule has 6 nitrogen and oxygen atoms in total. The van der Waals surface area contributed by atoms with Gasteiger partial charge in [0.15, 0.2) is 0 Å². The zero-order chi connectivity index (χ0) is 11.8. The van der Waals surface area contributed by atoms with E-state index < -0.39 is 11.0 Å². The van der Waals surface area contributed by atoms with Crippen LogP contribution in [-0.4, -0.2) is 44.8 Å². The Morgan fingerprint density at radius 1 is 1.75 bits per heavy atom. The van der Waals surface area contributed by atoms with Crippen LogP contribution >= 0.6 is 0 Å². The van der Waals surface area contributed by atoms with Crippen molar-refractivity contribution in [3.8, 4) is 0 Å². The number of rotatable bonds is 2. The molecule has 1 saturated heterocycles. The first-order chi connectivity index (χ1) is 7.58. The number of carbonyl (C=O) groups is 1. The zero-order valence-corrected chi connectivity index (χ0v) is 8.93. The summed E-state index contributed by atoms with van der Waals surface area (Å²) >= 11 is 0. The average Bonchev–Trinajstić information content (AvgIpc) is 2.27. The standard InChI is InChI=1S/C10H13N3O3/c1-10(6-14)2-3-13(10)9(16)7-4-11-12-5-8(7)15/h4-5,14H,2-3,6H2,1H3,(H,11,15). The number of nitrogens with zero attached hydrogens (tertiary/aromatic N) is 2. The SMILES string of the molecule is CC1(CO)CCN1C(=O)c1c[nH]ncc1=O. The predicted molar refractivity (Wildman–Crippen MR) is 56.0 cm³/mol. The van der Waals surface area contributed by atoms with Crippen LogP contribution in [0.5, 0.6) is 0 Å². The lowest BCUT2D eigenvalue weighted by atomic mass is 9.87. The van der Waals surface area contributed by atoms with Crippen molar-refractivity contribution in [2.24, 2.45) is 0 Å². The van der Waals surface area contributed by atoms with Crippen LogP contribution in [0.15, 0.2) is 17.2 Å². The number of aliphatic hydroxyl groups is 1. The lowest BCUT2D eigenvalue weighted by Crippen LogP contribution is -2.62. The van der Waals surface area contributed by atoms with Gasteiger partial charge < -0.3 is 10.0 Å². The number of H-pyrrole nitrogens is 1. The molecule has 1 unspecified atom stereocenters. The number of aliphatic hydroxyl groups excluding tert-OH is 1. The minimum Gasteiger partial charge on any atom is -0.394 e. The largest absolute Gasteiger partial charge is 0.394 e. The highest BCUT2D eigenvalue weighted by atomic mass is 16.3. The zero-order valence-electron chi connectivity index (χ0n) is 8.93. The number of aromatic nitrogens is 2. The average molecular weight is 223 g/mol. The summed E-state index contributed by atoms with van der Waals surface area (Å²) in [5.74, 6) is -0.355. The highest BCUT2D eigenvalue weighted by molar-refractivity contribution is 5.94. The van der Waals surface area contributed by atoms with Crippen molar-refractivity contribution in [1.29, 1.82) is 0 Å². The Kier molecular flexibility index (Phi) is 2.51. The van der Waals surface area contributed by atoms with E-state index in [1.807, 2.05) is 0 Å². The molecular formula is C10H13N3O3. The van der Waals surface area contributed by atoms with E-state index in [-0.39, 0.29) is 18.1 Å². The Morgan fingerprint density at radius 2 is 2.50 bits per heavy atom. The predicted octanol–water partition coefficient (Wildman–Crippen LogP) is -0.633. The summed E-state index contributed by atoms with van der Waals surface area (Å²) in [7, 11) is 0. The summed E-state index contributed by atoms with van der Waals surface area (Å²) in [6.07, 6.45) is 3.11. The monoisotopic (exact) mass is 223 g/mol. The van der Waals surface area contributed by atoms with Crippen molar-refractivity contribution in [2.75, 3.05) is 13.2 Å². The van der Waals surface area contributed by atoms with Gasteiger partial charge in [-0.15, -0.1) is 0 Å². The smallest absolute Gasteiger partial charge is 0.259 e. The van der Waals surface area contributed by atoms with E-state index in [9.17, 15) is 14.7 Å². The fourth-order valence-corrected chi connectivity index (χ4v) is 1.77. The fraction of sp³-hybridized carbons (Fsp3) is 0.500. The number of hydrogen-bond donors (Lipinski definition) is 2. The van der Waals surface area contributed by atoms with Crippen molar-refractivity contribution in [1.82, 2.24) is 15.1 Å². The minimum absolute atomic E-state index is 0.0642. The van der Waals surface area contributed by atoms with Crippen LogP contribution in [0.4, 0.5) is 0 Å². The lowest BCUT2D eigenvalue weighted by Gasteiger charge is -2.49. The van der Waals surface area contributed by atoms with Gasteiger partial charge >= 0.3 is 0 Å². The molecule has 6 heteroatoms. The molecule has 1 fully saturated rings. The Labute approximate surface area is 91.9 Å². The van der Waals surface area contributed by atoms with Crippen LogP contribution in [-0.2, 0) is 0 Å². The third-order valence-corrected chi connectivity index (χ3v) is 3.07. The van der Waals surface area contributed by atoms with Gasteiger partial charge in [0.2, 0.25) is 5.43 Å². The van der Waals surface area contributed by atoms with Crippen LogP contribution < -0.4 is 5.43 Å². The number of carbonyl (C=O) groups excluding carboxylic acids is 1. The second-order valence-electron chi connectivity index (χ2n) is 4.17. The van der Waals surface area contributed by atoms with E-state index in [1.54, 1.807) is 6.92 Å². The first-order valence-electron chi connectivity index (χ1n) is 5.04. The molecule has 0 saturated carbocycles. The summed E-state index contributed by atoms with van der Waals surface area (Å²) < 4.78 is 0. The second-order valence-corrected chi connectivity index (χ2v) is 4.17.